The lowest BCUT2D eigenvalue weighted by Gasteiger charge is -2.43. The minimum Gasteiger partial charge on any atom is -0.359 e. The van der Waals surface area contributed by atoms with Gasteiger partial charge in [0.05, 0.1) is 17.8 Å². The number of hydrogen-bond donors (Lipinski definition) is 0. The number of ether oxygens (including phenoxy) is 1. The van der Waals surface area contributed by atoms with Crippen molar-refractivity contribution in [3.8, 4) is 6.07 Å². The van der Waals surface area contributed by atoms with Gasteiger partial charge in [-0.15, -0.1) is 5.10 Å². The van der Waals surface area contributed by atoms with E-state index in [1.54, 1.807) is 27.7 Å². The van der Waals surface area contributed by atoms with Gasteiger partial charge < -0.3 is 9.64 Å². The molecule has 120 valence electrons. The number of aryl methyl sites for hydroxylation is 1. The second-order valence-corrected chi connectivity index (χ2v) is 6.01. The number of aromatic nitrogens is 2. The van der Waals surface area contributed by atoms with Crippen LogP contribution in [-0.2, 0) is 4.74 Å². The fraction of sp³-hybridized carbons (Fsp3) is 0.643. The Bertz CT molecular complexity index is 622. The molecule has 1 aliphatic heterocycles. The van der Waals surface area contributed by atoms with Gasteiger partial charge in [-0.05, 0) is 33.3 Å². The largest absolute Gasteiger partial charge is 0.416 e. The van der Waals surface area contributed by atoms with Crippen molar-refractivity contribution >= 4 is 5.82 Å². The van der Waals surface area contributed by atoms with E-state index < -0.39 is 24.4 Å². The summed E-state index contributed by atoms with van der Waals surface area (Å²) >= 11 is 0. The number of nitriles is 1. The van der Waals surface area contributed by atoms with Gasteiger partial charge >= 0.3 is 6.18 Å². The number of nitrogens with zero attached hydrogens (tertiary/aromatic N) is 4. The molecule has 22 heavy (non-hydrogen) atoms. The van der Waals surface area contributed by atoms with Crippen LogP contribution in [-0.4, -0.2) is 41.2 Å². The van der Waals surface area contributed by atoms with Crippen molar-refractivity contribution in [2.75, 3.05) is 18.0 Å². The van der Waals surface area contributed by atoms with Crippen LogP contribution >= 0.6 is 0 Å². The van der Waals surface area contributed by atoms with Crippen LogP contribution < -0.4 is 4.90 Å². The number of anilines is 1. The van der Waals surface area contributed by atoms with Gasteiger partial charge in [-0.3, -0.25) is 0 Å². The van der Waals surface area contributed by atoms with Crippen molar-refractivity contribution in [1.82, 2.24) is 10.2 Å². The first-order valence-corrected chi connectivity index (χ1v) is 6.78. The Morgan fingerprint density at radius 3 is 2.50 bits per heavy atom. The Hall–Kier alpha value is -1.88. The fourth-order valence-corrected chi connectivity index (χ4v) is 2.47. The van der Waals surface area contributed by atoms with E-state index in [0.717, 1.165) is 0 Å². The van der Waals surface area contributed by atoms with E-state index in [1.807, 2.05) is 6.07 Å². The van der Waals surface area contributed by atoms with Crippen LogP contribution in [0.4, 0.5) is 19.0 Å². The van der Waals surface area contributed by atoms with Crippen LogP contribution in [0.3, 0.4) is 0 Å². The molecule has 2 heterocycles. The molecule has 0 bridgehead atoms. The third-order valence-corrected chi connectivity index (χ3v) is 3.63. The van der Waals surface area contributed by atoms with Gasteiger partial charge in [-0.25, -0.2) is 0 Å². The van der Waals surface area contributed by atoms with E-state index in [0.29, 0.717) is 11.3 Å². The van der Waals surface area contributed by atoms with Crippen molar-refractivity contribution in [2.24, 2.45) is 0 Å². The summed E-state index contributed by atoms with van der Waals surface area (Å²) in [4.78, 5) is 1.43. The van der Waals surface area contributed by atoms with Crippen molar-refractivity contribution in [3.63, 3.8) is 0 Å². The molecule has 0 spiro atoms. The number of alkyl halides is 3. The standard InChI is InChI=1S/C14H17F3N4O/c1-8-9(2)19-20-12(10(8)5-18)21-6-11(14(15,16)17)22-13(3,4)7-21/h11H,6-7H2,1-4H3/t11-/m0/s1. The zero-order valence-corrected chi connectivity index (χ0v) is 12.8. The number of morpholine rings is 1. The average molecular weight is 314 g/mol. The average Bonchev–Trinajstić information content (AvgIpc) is 2.38. The molecule has 0 aromatic carbocycles. The summed E-state index contributed by atoms with van der Waals surface area (Å²) in [6.07, 6.45) is -6.40. The maximum atomic E-state index is 13.0. The Balaban J connectivity index is 2.44. The molecule has 5 nitrogen and oxygen atoms in total. The Morgan fingerprint density at radius 1 is 1.32 bits per heavy atom. The quantitative estimate of drug-likeness (QED) is 0.797. The molecule has 8 heteroatoms. The minimum absolute atomic E-state index is 0.177. The number of halogens is 3. The summed E-state index contributed by atoms with van der Waals surface area (Å²) in [6.45, 7) is 6.37. The molecular weight excluding hydrogens is 297 g/mol. The second-order valence-electron chi connectivity index (χ2n) is 6.01. The van der Waals surface area contributed by atoms with Crippen molar-refractivity contribution in [2.45, 2.75) is 45.6 Å². The highest BCUT2D eigenvalue weighted by Gasteiger charge is 2.48. The van der Waals surface area contributed by atoms with Gasteiger partial charge in [0.25, 0.3) is 0 Å². The topological polar surface area (TPSA) is 62.0 Å². The van der Waals surface area contributed by atoms with Gasteiger partial charge in [0.1, 0.15) is 11.6 Å². The molecule has 1 aromatic heterocycles. The van der Waals surface area contributed by atoms with Crippen LogP contribution in [0.15, 0.2) is 0 Å². The molecule has 0 unspecified atom stereocenters. The lowest BCUT2D eigenvalue weighted by molar-refractivity contribution is -0.251. The maximum absolute atomic E-state index is 13.0. The minimum atomic E-state index is -4.48. The van der Waals surface area contributed by atoms with Crippen molar-refractivity contribution in [3.05, 3.63) is 16.8 Å². The molecule has 1 saturated heterocycles. The Kier molecular flexibility index (Phi) is 4.04. The van der Waals surface area contributed by atoms with E-state index in [2.05, 4.69) is 10.2 Å². The Morgan fingerprint density at radius 2 is 1.95 bits per heavy atom. The predicted molar refractivity (Wildman–Crippen MR) is 73.4 cm³/mol. The number of rotatable bonds is 1. The van der Waals surface area contributed by atoms with Crippen LogP contribution in [0.1, 0.15) is 30.7 Å². The molecule has 0 radical (unpaired) electrons. The van der Waals surface area contributed by atoms with E-state index in [9.17, 15) is 18.4 Å². The first-order valence-electron chi connectivity index (χ1n) is 6.78. The monoisotopic (exact) mass is 314 g/mol. The highest BCUT2D eigenvalue weighted by molar-refractivity contribution is 5.58. The molecule has 1 fully saturated rings. The van der Waals surface area contributed by atoms with E-state index in [-0.39, 0.29) is 17.9 Å². The molecule has 0 saturated carbocycles. The van der Waals surface area contributed by atoms with Gasteiger partial charge in [0.2, 0.25) is 0 Å². The van der Waals surface area contributed by atoms with Crippen molar-refractivity contribution < 1.29 is 17.9 Å². The summed E-state index contributed by atoms with van der Waals surface area (Å²) in [5, 5.41) is 17.2. The summed E-state index contributed by atoms with van der Waals surface area (Å²) in [5.74, 6) is 0.177. The normalized spacial score (nSPS) is 21.5. The van der Waals surface area contributed by atoms with E-state index >= 15 is 0 Å². The third-order valence-electron chi connectivity index (χ3n) is 3.63. The molecule has 1 atom stereocenters. The first-order chi connectivity index (χ1) is 10.0. The van der Waals surface area contributed by atoms with Crippen LogP contribution in [0.25, 0.3) is 0 Å². The van der Waals surface area contributed by atoms with Gasteiger partial charge in [-0.2, -0.15) is 23.5 Å². The molecule has 0 aliphatic carbocycles. The van der Waals surface area contributed by atoms with Gasteiger partial charge in [-0.1, -0.05) is 0 Å². The van der Waals surface area contributed by atoms with Crippen LogP contribution in [0.5, 0.6) is 0 Å². The third kappa shape index (κ3) is 3.14. The molecule has 1 aliphatic rings. The smallest absolute Gasteiger partial charge is 0.359 e. The summed E-state index contributed by atoms with van der Waals surface area (Å²) < 4.78 is 44.3. The number of hydrogen-bond acceptors (Lipinski definition) is 5. The SMILES string of the molecule is Cc1nnc(N2C[C@@H](C(F)(F)F)OC(C)(C)C2)c(C#N)c1C. The zero-order valence-electron chi connectivity index (χ0n) is 12.8. The molecule has 2 rings (SSSR count). The molecule has 0 N–H and O–H groups in total. The van der Waals surface area contributed by atoms with Gasteiger partial charge in [0, 0.05) is 6.54 Å². The molecule has 0 amide bonds. The molecular formula is C14H17F3N4O. The summed E-state index contributed by atoms with van der Waals surface area (Å²) in [5.41, 5.74) is 0.456. The summed E-state index contributed by atoms with van der Waals surface area (Å²) in [7, 11) is 0. The Labute approximate surface area is 126 Å². The van der Waals surface area contributed by atoms with Crippen LogP contribution in [0, 0.1) is 25.2 Å². The van der Waals surface area contributed by atoms with Crippen molar-refractivity contribution in [1.29, 1.82) is 5.26 Å². The van der Waals surface area contributed by atoms with Crippen LogP contribution in [0.2, 0.25) is 0 Å². The summed E-state index contributed by atoms with van der Waals surface area (Å²) in [6, 6.07) is 2.02. The lowest BCUT2D eigenvalue weighted by atomic mass is 10.0. The second kappa shape index (κ2) is 5.39. The van der Waals surface area contributed by atoms with Gasteiger partial charge in [0.15, 0.2) is 11.9 Å². The fourth-order valence-electron chi connectivity index (χ4n) is 2.47. The highest BCUT2D eigenvalue weighted by Crippen LogP contribution is 2.34. The first kappa shape index (κ1) is 16.5. The van der Waals surface area contributed by atoms with E-state index in [1.165, 1.54) is 4.90 Å². The van der Waals surface area contributed by atoms with E-state index in [4.69, 9.17) is 4.74 Å². The zero-order chi connectivity index (χ0) is 16.7. The maximum Gasteiger partial charge on any atom is 0.416 e. The lowest BCUT2D eigenvalue weighted by Crippen LogP contribution is -2.57. The highest BCUT2D eigenvalue weighted by atomic mass is 19.4. The molecule has 1 aromatic rings. The predicted octanol–water partition coefficient (Wildman–Crippen LogP) is 2.51.